The third kappa shape index (κ3) is 6.79. The Kier molecular flexibility index (Phi) is 8.58. The van der Waals surface area contributed by atoms with Gasteiger partial charge in [0.15, 0.2) is 0 Å². The molecule has 49 heavy (non-hydrogen) atoms. The van der Waals surface area contributed by atoms with Crippen molar-refractivity contribution in [3.8, 4) is 28.0 Å². The third-order valence-corrected chi connectivity index (χ3v) is 8.92. The van der Waals surface area contributed by atoms with Crippen molar-refractivity contribution in [2.75, 3.05) is 7.11 Å². The van der Waals surface area contributed by atoms with Crippen LogP contribution in [0.1, 0.15) is 75.8 Å². The minimum absolute atomic E-state index is 0.0335. The molecule has 13 heteroatoms. The lowest BCUT2D eigenvalue weighted by atomic mass is 9.93. The van der Waals surface area contributed by atoms with E-state index in [1.807, 2.05) is 24.3 Å². The zero-order valence-electron chi connectivity index (χ0n) is 26.4. The van der Waals surface area contributed by atoms with Crippen molar-refractivity contribution in [2.45, 2.75) is 63.7 Å². The van der Waals surface area contributed by atoms with E-state index in [1.54, 1.807) is 25.1 Å². The summed E-state index contributed by atoms with van der Waals surface area (Å²) < 4.78 is 92.8. The Morgan fingerprint density at radius 1 is 0.918 bits per heavy atom. The summed E-state index contributed by atoms with van der Waals surface area (Å²) in [6.07, 6.45) is -10.6. The van der Waals surface area contributed by atoms with Gasteiger partial charge in [-0.3, -0.25) is 9.88 Å². The van der Waals surface area contributed by atoms with Gasteiger partial charge in [0.25, 0.3) is 0 Å². The van der Waals surface area contributed by atoms with Crippen molar-refractivity contribution in [3.63, 3.8) is 0 Å². The van der Waals surface area contributed by atoms with Crippen molar-refractivity contribution in [1.29, 1.82) is 0 Å². The molecule has 1 aromatic heterocycles. The maximum atomic E-state index is 13.6. The first-order chi connectivity index (χ1) is 23.0. The van der Waals surface area contributed by atoms with Crippen LogP contribution in [0, 0.1) is 6.92 Å². The second-order valence-electron chi connectivity index (χ2n) is 12.3. The largest absolute Gasteiger partial charge is 0.496 e. The first kappa shape index (κ1) is 33.8. The summed E-state index contributed by atoms with van der Waals surface area (Å²) in [6, 6.07) is 14.2. The van der Waals surface area contributed by atoms with Gasteiger partial charge in [0.05, 0.1) is 42.1 Å². The highest BCUT2D eigenvalue weighted by Gasteiger charge is 2.44. The number of rotatable bonds is 8. The van der Waals surface area contributed by atoms with E-state index in [4.69, 9.17) is 14.5 Å². The maximum Gasteiger partial charge on any atom is 0.416 e. The van der Waals surface area contributed by atoms with Gasteiger partial charge in [-0.1, -0.05) is 18.2 Å². The molecule has 0 unspecified atom stereocenters. The fourth-order valence-electron chi connectivity index (χ4n) is 6.16. The van der Waals surface area contributed by atoms with Gasteiger partial charge in [-0.25, -0.2) is 9.59 Å². The van der Waals surface area contributed by atoms with Crippen molar-refractivity contribution in [1.82, 2.24) is 9.88 Å². The molecule has 2 aliphatic rings. The van der Waals surface area contributed by atoms with E-state index in [1.165, 1.54) is 25.0 Å². The van der Waals surface area contributed by atoms with Crippen LogP contribution in [0.15, 0.2) is 66.7 Å². The molecule has 6 rings (SSSR count). The van der Waals surface area contributed by atoms with E-state index in [0.717, 1.165) is 35.2 Å². The van der Waals surface area contributed by atoms with Gasteiger partial charge in [-0.05, 0) is 97.5 Å². The molecular weight excluding hydrogens is 654 g/mol. The molecule has 2 fully saturated rings. The predicted molar refractivity (Wildman–Crippen MR) is 166 cm³/mol. The molecule has 1 saturated carbocycles. The van der Waals surface area contributed by atoms with Crippen molar-refractivity contribution < 1.29 is 50.5 Å². The summed E-state index contributed by atoms with van der Waals surface area (Å²) in [4.78, 5) is 30.9. The number of amides is 1. The van der Waals surface area contributed by atoms with Crippen LogP contribution in [0.5, 0.6) is 5.75 Å². The molecule has 0 bridgehead atoms. The third-order valence-electron chi connectivity index (χ3n) is 8.92. The van der Waals surface area contributed by atoms with Crippen LogP contribution < -0.4 is 4.74 Å². The SMILES string of the molecule is COc1ccc(-c2ccc(C(=O)O)cc2C)cc1-c1ccc(C2CC2)nc1CN1C(=O)O[C@H](c2cc(C(F)(F)F)cc(C(F)(F)F)c2)[C@@H]1C. The number of carbonyl (C=O) groups is 2. The molecule has 0 spiro atoms. The number of hydrogen-bond donors (Lipinski definition) is 1. The fourth-order valence-corrected chi connectivity index (χ4v) is 6.16. The first-order valence-electron chi connectivity index (χ1n) is 15.3. The Morgan fingerprint density at radius 3 is 2.14 bits per heavy atom. The lowest BCUT2D eigenvalue weighted by Gasteiger charge is -2.24. The smallest absolute Gasteiger partial charge is 0.416 e. The summed E-state index contributed by atoms with van der Waals surface area (Å²) in [5, 5.41) is 9.40. The lowest BCUT2D eigenvalue weighted by molar-refractivity contribution is -0.143. The summed E-state index contributed by atoms with van der Waals surface area (Å²) in [5.41, 5.74) is 1.38. The average molecular weight is 685 g/mol. The van der Waals surface area contributed by atoms with E-state index in [2.05, 4.69) is 0 Å². The second kappa shape index (κ2) is 12.4. The van der Waals surface area contributed by atoms with Gasteiger partial charge in [0.1, 0.15) is 11.9 Å². The van der Waals surface area contributed by atoms with Crippen LogP contribution in [0.3, 0.4) is 0 Å². The molecule has 2 heterocycles. The first-order valence-corrected chi connectivity index (χ1v) is 15.3. The number of benzene rings is 3. The zero-order valence-corrected chi connectivity index (χ0v) is 26.4. The number of cyclic esters (lactones) is 1. The number of aromatic carboxylic acids is 1. The Labute approximate surface area is 277 Å². The van der Waals surface area contributed by atoms with E-state index in [9.17, 15) is 41.0 Å². The van der Waals surface area contributed by atoms with Crippen molar-refractivity contribution >= 4 is 12.1 Å². The van der Waals surface area contributed by atoms with E-state index in [-0.39, 0.29) is 24.1 Å². The van der Waals surface area contributed by atoms with Gasteiger partial charge in [0.2, 0.25) is 0 Å². The molecule has 1 aliphatic carbocycles. The number of hydrogen-bond acceptors (Lipinski definition) is 5. The molecular formula is C36H30F6N2O5. The number of carboxylic acid groups (broad SMARTS) is 1. The summed E-state index contributed by atoms with van der Waals surface area (Å²) in [5.74, 6) is -0.357. The Hall–Kier alpha value is -5.07. The van der Waals surface area contributed by atoms with Crippen LogP contribution in [0.4, 0.5) is 31.1 Å². The molecule has 1 aliphatic heterocycles. The quantitative estimate of drug-likeness (QED) is 0.186. The number of alkyl halides is 6. The number of aromatic nitrogens is 1. The number of aryl methyl sites for hydroxylation is 1. The number of halogens is 6. The highest BCUT2D eigenvalue weighted by molar-refractivity contribution is 5.89. The van der Waals surface area contributed by atoms with Crippen LogP contribution in [0.2, 0.25) is 0 Å². The average Bonchev–Trinajstić information content (AvgIpc) is 3.86. The zero-order chi connectivity index (χ0) is 35.4. The van der Waals surface area contributed by atoms with Gasteiger partial charge in [0, 0.05) is 22.7 Å². The molecule has 1 amide bonds. The van der Waals surface area contributed by atoms with Gasteiger partial charge in [-0.2, -0.15) is 26.3 Å². The van der Waals surface area contributed by atoms with Gasteiger partial charge >= 0.3 is 24.4 Å². The minimum Gasteiger partial charge on any atom is -0.496 e. The summed E-state index contributed by atoms with van der Waals surface area (Å²) in [7, 11) is 1.49. The molecule has 1 N–H and O–H groups in total. The highest BCUT2D eigenvalue weighted by Crippen LogP contribution is 2.44. The topological polar surface area (TPSA) is 89.0 Å². The fraction of sp³-hybridized carbons (Fsp3) is 0.306. The Bertz CT molecular complexity index is 1920. The van der Waals surface area contributed by atoms with Gasteiger partial charge in [-0.15, -0.1) is 0 Å². The van der Waals surface area contributed by atoms with Crippen LogP contribution in [0.25, 0.3) is 22.3 Å². The summed E-state index contributed by atoms with van der Waals surface area (Å²) in [6.45, 7) is 3.14. The Morgan fingerprint density at radius 2 is 1.57 bits per heavy atom. The molecule has 3 aromatic carbocycles. The maximum absolute atomic E-state index is 13.6. The number of pyridine rings is 1. The Balaban J connectivity index is 1.39. The molecule has 0 radical (unpaired) electrons. The van der Waals surface area contributed by atoms with Crippen LogP contribution in [-0.4, -0.2) is 40.2 Å². The molecule has 256 valence electrons. The number of nitrogens with zero attached hydrogens (tertiary/aromatic N) is 2. The molecule has 7 nitrogen and oxygen atoms in total. The number of methoxy groups -OCH3 is 1. The van der Waals surface area contributed by atoms with Crippen LogP contribution >= 0.6 is 0 Å². The summed E-state index contributed by atoms with van der Waals surface area (Å²) >= 11 is 0. The molecule has 4 aromatic rings. The standard InChI is InChI=1S/C36H30F6N2O5/c1-18-12-22(33(45)46)6-8-26(18)21-7-11-31(48-3)28(15-21)27-9-10-29(20-4-5-20)43-30(27)17-44-19(2)32(49-34(44)47)23-13-24(35(37,38)39)16-25(14-23)36(40,41)42/h6-16,19-20,32H,4-5,17H2,1-3H3,(H,45,46)/t19-,32-/m0/s1. The highest BCUT2D eigenvalue weighted by atomic mass is 19.4. The van der Waals surface area contributed by atoms with Gasteiger partial charge < -0.3 is 14.6 Å². The normalized spacial score (nSPS) is 18.1. The van der Waals surface area contributed by atoms with Crippen LogP contribution in [-0.2, 0) is 23.6 Å². The van der Waals surface area contributed by atoms with E-state index < -0.39 is 53.3 Å². The molecule has 1 saturated heterocycles. The number of carbonyl (C=O) groups excluding carboxylic acids is 1. The lowest BCUT2D eigenvalue weighted by Crippen LogP contribution is -2.32. The number of carboxylic acids is 1. The predicted octanol–water partition coefficient (Wildman–Crippen LogP) is 9.43. The van der Waals surface area contributed by atoms with E-state index in [0.29, 0.717) is 34.7 Å². The van der Waals surface area contributed by atoms with E-state index >= 15 is 0 Å². The molecule has 2 atom stereocenters. The van der Waals surface area contributed by atoms with Crippen molar-refractivity contribution in [3.05, 3.63) is 106 Å². The minimum atomic E-state index is -5.06. The second-order valence-corrected chi connectivity index (χ2v) is 12.3. The number of ether oxygens (including phenoxy) is 2. The monoisotopic (exact) mass is 684 g/mol. The van der Waals surface area contributed by atoms with Crippen molar-refractivity contribution in [2.24, 2.45) is 0 Å².